The van der Waals surface area contributed by atoms with Crippen molar-refractivity contribution in [3.8, 4) is 17.2 Å². The van der Waals surface area contributed by atoms with E-state index < -0.39 is 18.2 Å². The average molecular weight is 481 g/mol. The van der Waals surface area contributed by atoms with Crippen molar-refractivity contribution < 1.29 is 23.8 Å². The number of carbonyl (C=O) groups excluding carboxylic acids is 2. The molecule has 0 aliphatic carbocycles. The molecule has 36 heavy (non-hydrogen) atoms. The first-order valence-electron chi connectivity index (χ1n) is 11.2. The molecule has 0 spiro atoms. The third-order valence-electron chi connectivity index (χ3n) is 4.95. The van der Waals surface area contributed by atoms with E-state index in [0.717, 1.165) is 5.56 Å². The summed E-state index contributed by atoms with van der Waals surface area (Å²) in [6.07, 6.45) is 0.210. The highest BCUT2D eigenvalue weighted by Gasteiger charge is 2.22. The minimum Gasteiger partial charge on any atom is -0.446 e. The average Bonchev–Trinajstić information content (AvgIpc) is 2.91. The van der Waals surface area contributed by atoms with Crippen LogP contribution in [-0.2, 0) is 4.79 Å². The van der Waals surface area contributed by atoms with E-state index in [1.807, 2.05) is 31.2 Å². The van der Waals surface area contributed by atoms with Crippen LogP contribution in [0.3, 0.4) is 0 Å². The van der Waals surface area contributed by atoms with Crippen molar-refractivity contribution in [2.24, 2.45) is 5.10 Å². The normalized spacial score (nSPS) is 10.7. The van der Waals surface area contributed by atoms with Gasteiger partial charge in [0.25, 0.3) is 0 Å². The zero-order valence-corrected chi connectivity index (χ0v) is 19.5. The maximum Gasteiger partial charge on any atom is 0.343 e. The summed E-state index contributed by atoms with van der Waals surface area (Å²) in [6.45, 7) is 1.95. The van der Waals surface area contributed by atoms with Crippen LogP contribution in [0.4, 0.5) is 0 Å². The fraction of sp³-hybridized carbons (Fsp3) is 0.0690. The molecule has 1 N–H and O–H groups in total. The first-order valence-corrected chi connectivity index (χ1v) is 11.2. The zero-order chi connectivity index (χ0) is 25.2. The van der Waals surface area contributed by atoms with E-state index >= 15 is 0 Å². The predicted octanol–water partition coefficient (Wildman–Crippen LogP) is 5.15. The van der Waals surface area contributed by atoms with Gasteiger partial charge in [0.1, 0.15) is 17.2 Å². The number of benzene rings is 4. The van der Waals surface area contributed by atoms with Crippen LogP contribution >= 0.6 is 0 Å². The molecule has 0 aliphatic heterocycles. The molecule has 0 saturated heterocycles. The van der Waals surface area contributed by atoms with Crippen molar-refractivity contribution >= 4 is 18.1 Å². The van der Waals surface area contributed by atoms with Crippen LogP contribution in [0.5, 0.6) is 17.2 Å². The summed E-state index contributed by atoms with van der Waals surface area (Å²) in [7, 11) is 0. The summed E-state index contributed by atoms with van der Waals surface area (Å²) >= 11 is 0. The number of esters is 1. The van der Waals surface area contributed by atoms with Crippen LogP contribution in [0.1, 0.15) is 21.5 Å². The lowest BCUT2D eigenvalue weighted by Crippen LogP contribution is -2.40. The van der Waals surface area contributed by atoms with E-state index in [9.17, 15) is 9.59 Å². The number of rotatable bonds is 9. The number of para-hydroxylation sites is 2. The second kappa shape index (κ2) is 12.0. The maximum atomic E-state index is 12.7. The molecule has 4 rings (SSSR count). The van der Waals surface area contributed by atoms with Crippen molar-refractivity contribution in [1.82, 2.24) is 5.43 Å². The Morgan fingerprint density at radius 1 is 0.722 bits per heavy atom. The summed E-state index contributed by atoms with van der Waals surface area (Å²) in [4.78, 5) is 25.0. The lowest BCUT2D eigenvalue weighted by molar-refractivity contribution is -0.140. The number of carbonyl (C=O) groups is 2. The van der Waals surface area contributed by atoms with Crippen LogP contribution < -0.4 is 19.6 Å². The molecule has 0 fully saturated rings. The largest absolute Gasteiger partial charge is 0.446 e. The Morgan fingerprint density at radius 3 is 1.83 bits per heavy atom. The summed E-state index contributed by atoms with van der Waals surface area (Å²) in [5.74, 6) is 0.338. The van der Waals surface area contributed by atoms with Gasteiger partial charge in [-0.1, -0.05) is 54.1 Å². The Labute approximate surface area is 209 Å². The number of hydrazone groups is 1. The van der Waals surface area contributed by atoms with Gasteiger partial charge in [0.15, 0.2) is 0 Å². The van der Waals surface area contributed by atoms with E-state index in [4.69, 9.17) is 14.2 Å². The second-order valence-corrected chi connectivity index (χ2v) is 7.75. The number of nitrogens with zero attached hydrogens (tertiary/aromatic N) is 1. The second-order valence-electron chi connectivity index (χ2n) is 7.75. The number of aryl methyl sites for hydroxylation is 1. The molecule has 7 heteroatoms. The topological polar surface area (TPSA) is 86.2 Å². The van der Waals surface area contributed by atoms with E-state index in [1.54, 1.807) is 84.9 Å². The molecule has 180 valence electrons. The van der Waals surface area contributed by atoms with E-state index in [0.29, 0.717) is 28.4 Å². The molecular weight excluding hydrogens is 456 g/mol. The Kier molecular flexibility index (Phi) is 8.07. The summed E-state index contributed by atoms with van der Waals surface area (Å²) in [5, 5.41) is 4.00. The Hall–Kier alpha value is -4.91. The van der Waals surface area contributed by atoms with Crippen LogP contribution in [0.2, 0.25) is 0 Å². The molecule has 0 bridgehead atoms. The van der Waals surface area contributed by atoms with Gasteiger partial charge >= 0.3 is 18.2 Å². The molecule has 4 aromatic rings. The summed E-state index contributed by atoms with van der Waals surface area (Å²) in [5.41, 5.74) is 4.66. The van der Waals surface area contributed by atoms with Gasteiger partial charge in [-0.05, 0) is 73.2 Å². The number of ether oxygens (including phenoxy) is 3. The SMILES string of the molecule is Cc1ccc(C(=O)Oc2ccc(C=NNC(=O)C(Oc3ccccc3)Oc3ccccc3)cc2)cc1. The van der Waals surface area contributed by atoms with Gasteiger partial charge < -0.3 is 14.2 Å². The summed E-state index contributed by atoms with van der Waals surface area (Å²) < 4.78 is 16.8. The molecule has 0 saturated carbocycles. The molecule has 0 aliphatic rings. The lowest BCUT2D eigenvalue weighted by Gasteiger charge is -2.18. The molecule has 0 atom stereocenters. The Bertz CT molecular complexity index is 1260. The van der Waals surface area contributed by atoms with Gasteiger partial charge in [-0.3, -0.25) is 4.79 Å². The van der Waals surface area contributed by atoms with E-state index in [1.165, 1.54) is 6.21 Å². The lowest BCUT2D eigenvalue weighted by atomic mass is 10.1. The fourth-order valence-electron chi connectivity index (χ4n) is 3.08. The molecular formula is C29H24N2O5. The van der Waals surface area contributed by atoms with Gasteiger partial charge in [0.05, 0.1) is 11.8 Å². The highest BCUT2D eigenvalue weighted by atomic mass is 16.7. The molecule has 0 aromatic heterocycles. The molecule has 4 aromatic carbocycles. The molecule has 1 amide bonds. The van der Waals surface area contributed by atoms with Gasteiger partial charge in [0.2, 0.25) is 0 Å². The fourth-order valence-corrected chi connectivity index (χ4v) is 3.08. The number of nitrogens with one attached hydrogen (secondary N) is 1. The van der Waals surface area contributed by atoms with Crippen LogP contribution in [-0.4, -0.2) is 24.4 Å². The van der Waals surface area contributed by atoms with Gasteiger partial charge in [0, 0.05) is 0 Å². The van der Waals surface area contributed by atoms with Crippen LogP contribution in [0.15, 0.2) is 114 Å². The predicted molar refractivity (Wildman–Crippen MR) is 136 cm³/mol. The van der Waals surface area contributed by atoms with Crippen molar-refractivity contribution in [2.75, 3.05) is 0 Å². The minimum absolute atomic E-state index is 0.398. The molecule has 0 heterocycles. The van der Waals surface area contributed by atoms with Crippen LogP contribution in [0.25, 0.3) is 0 Å². The Balaban J connectivity index is 1.35. The van der Waals surface area contributed by atoms with Crippen molar-refractivity contribution in [1.29, 1.82) is 0 Å². The quantitative estimate of drug-likeness (QED) is 0.118. The zero-order valence-electron chi connectivity index (χ0n) is 19.5. The molecule has 0 unspecified atom stereocenters. The number of hydrogen-bond acceptors (Lipinski definition) is 6. The van der Waals surface area contributed by atoms with Crippen LogP contribution in [0, 0.1) is 6.92 Å². The van der Waals surface area contributed by atoms with Crippen molar-refractivity contribution in [3.63, 3.8) is 0 Å². The smallest absolute Gasteiger partial charge is 0.343 e. The standard InChI is InChI=1S/C29H24N2O5/c1-21-12-16-23(17-13-21)28(33)34-26-18-14-22(15-19-26)20-30-31-27(32)29(35-24-8-4-2-5-9-24)36-25-10-6-3-7-11-25/h2-20,29H,1H3,(H,31,32). The minimum atomic E-state index is -1.25. The number of amides is 1. The molecule has 0 radical (unpaired) electrons. The third-order valence-corrected chi connectivity index (χ3v) is 4.95. The monoisotopic (exact) mass is 480 g/mol. The van der Waals surface area contributed by atoms with Gasteiger partial charge in [-0.15, -0.1) is 0 Å². The highest BCUT2D eigenvalue weighted by Crippen LogP contribution is 2.17. The first-order chi connectivity index (χ1) is 17.6. The first kappa shape index (κ1) is 24.2. The van der Waals surface area contributed by atoms with Gasteiger partial charge in [-0.25, -0.2) is 10.2 Å². The Morgan fingerprint density at radius 2 is 1.28 bits per heavy atom. The third kappa shape index (κ3) is 7.04. The van der Waals surface area contributed by atoms with E-state index in [-0.39, 0.29) is 0 Å². The van der Waals surface area contributed by atoms with Gasteiger partial charge in [-0.2, -0.15) is 5.10 Å². The van der Waals surface area contributed by atoms with Crippen molar-refractivity contribution in [2.45, 2.75) is 13.2 Å². The summed E-state index contributed by atoms with van der Waals surface area (Å²) in [6, 6.07) is 31.7. The number of hydrogen-bond donors (Lipinski definition) is 1. The van der Waals surface area contributed by atoms with E-state index in [2.05, 4.69) is 10.5 Å². The van der Waals surface area contributed by atoms with Crippen molar-refractivity contribution in [3.05, 3.63) is 126 Å². The molecule has 7 nitrogen and oxygen atoms in total. The highest BCUT2D eigenvalue weighted by molar-refractivity contribution is 5.91. The maximum absolute atomic E-state index is 12.7.